The molecule has 0 bridgehead atoms. The van der Waals surface area contributed by atoms with Crippen molar-refractivity contribution in [3.8, 4) is 0 Å². The summed E-state index contributed by atoms with van der Waals surface area (Å²) >= 11 is 0. The SMILES string of the molecule is CC1(C)CC(=O)N(C[C@@H](N)C(C)(C)C)C(=O)C1.CC1(C)CC(=O)N(C[C@@H](N=C=O)C(C)(C)C)C(=O)C1.Cl. The highest BCUT2D eigenvalue weighted by Crippen LogP contribution is 2.33. The maximum Gasteiger partial charge on any atom is 0.235 e. The topological polar surface area (TPSA) is 130 Å². The minimum Gasteiger partial charge on any atom is -0.326 e. The first-order chi connectivity index (χ1) is 16.1. The summed E-state index contributed by atoms with van der Waals surface area (Å²) in [6, 6.07) is -0.601. The molecule has 2 fully saturated rings. The molecule has 0 spiro atoms. The Labute approximate surface area is 228 Å². The Morgan fingerprint density at radius 2 is 1.08 bits per heavy atom. The maximum atomic E-state index is 12.1. The van der Waals surface area contributed by atoms with Crippen LogP contribution in [0.25, 0.3) is 0 Å². The molecule has 2 aliphatic rings. The van der Waals surface area contributed by atoms with Crippen molar-refractivity contribution in [2.24, 2.45) is 32.4 Å². The molecule has 2 heterocycles. The van der Waals surface area contributed by atoms with Gasteiger partial charge < -0.3 is 5.73 Å². The standard InChI is InChI=1S/C14H22N2O3.C13H24N2O2.ClH/c1-13(2,3)10(15-9-17)8-16-11(18)6-14(4,5)7-12(16)19;1-12(2,3)9(14)8-15-10(16)6-13(4,5)7-11(15)17;/h10H,6-8H2,1-5H3;9H,6-8,14H2,1-5H3;1H/t10-;9-;/m11./s1. The molecule has 0 aromatic rings. The van der Waals surface area contributed by atoms with Gasteiger partial charge in [-0.1, -0.05) is 69.2 Å². The summed E-state index contributed by atoms with van der Waals surface area (Å²) in [4.78, 5) is 64.8. The lowest BCUT2D eigenvalue weighted by atomic mass is 9.80. The van der Waals surface area contributed by atoms with Gasteiger partial charge in [0, 0.05) is 38.3 Å². The van der Waals surface area contributed by atoms with E-state index in [2.05, 4.69) is 4.99 Å². The summed E-state index contributed by atoms with van der Waals surface area (Å²) in [6.45, 7) is 20.0. The fourth-order valence-electron chi connectivity index (χ4n) is 4.05. The molecule has 37 heavy (non-hydrogen) atoms. The quantitative estimate of drug-likeness (QED) is 0.319. The number of hydrogen-bond donors (Lipinski definition) is 1. The van der Waals surface area contributed by atoms with E-state index in [1.165, 1.54) is 15.9 Å². The molecular formula is C27H47ClN4O5. The van der Waals surface area contributed by atoms with Gasteiger partial charge in [0.2, 0.25) is 29.7 Å². The molecule has 0 unspecified atom stereocenters. The number of likely N-dealkylation sites (tertiary alicyclic amines) is 2. The Hall–Kier alpha value is -2.09. The van der Waals surface area contributed by atoms with Gasteiger partial charge in [-0.15, -0.1) is 12.4 Å². The van der Waals surface area contributed by atoms with Crippen LogP contribution in [0.1, 0.15) is 94.9 Å². The molecule has 0 radical (unpaired) electrons. The lowest BCUT2D eigenvalue weighted by Crippen LogP contribution is -2.53. The summed E-state index contributed by atoms with van der Waals surface area (Å²) in [5.41, 5.74) is 5.13. The van der Waals surface area contributed by atoms with Crippen LogP contribution in [0.2, 0.25) is 0 Å². The minimum absolute atomic E-state index is 0. The zero-order valence-corrected chi connectivity index (χ0v) is 25.1. The lowest BCUT2D eigenvalue weighted by molar-refractivity contribution is -0.154. The summed E-state index contributed by atoms with van der Waals surface area (Å²) in [5.74, 6) is -0.551. The van der Waals surface area contributed by atoms with E-state index in [0.717, 1.165) is 0 Å². The molecule has 9 nitrogen and oxygen atoms in total. The second-order valence-corrected chi connectivity index (χ2v) is 13.9. The second kappa shape index (κ2) is 12.6. The largest absolute Gasteiger partial charge is 0.326 e. The second-order valence-electron chi connectivity index (χ2n) is 13.9. The van der Waals surface area contributed by atoms with E-state index in [-0.39, 0.29) is 70.3 Å². The number of isocyanates is 1. The van der Waals surface area contributed by atoms with Gasteiger partial charge in [-0.25, -0.2) is 9.79 Å². The van der Waals surface area contributed by atoms with Crippen LogP contribution in [0.3, 0.4) is 0 Å². The number of piperidine rings is 2. The molecule has 2 atom stereocenters. The lowest BCUT2D eigenvalue weighted by Gasteiger charge is -2.38. The minimum atomic E-state index is -0.417. The predicted molar refractivity (Wildman–Crippen MR) is 146 cm³/mol. The first-order valence-corrected chi connectivity index (χ1v) is 12.6. The molecule has 2 saturated heterocycles. The molecule has 4 amide bonds. The monoisotopic (exact) mass is 542 g/mol. The van der Waals surface area contributed by atoms with Crippen molar-refractivity contribution in [2.75, 3.05) is 13.1 Å². The number of rotatable bonds is 5. The Balaban J connectivity index is 0.000000686. The highest BCUT2D eigenvalue weighted by atomic mass is 35.5. The zero-order valence-electron chi connectivity index (χ0n) is 24.3. The fourth-order valence-corrected chi connectivity index (χ4v) is 4.05. The number of hydrogen-bond acceptors (Lipinski definition) is 7. The molecule has 2 aliphatic heterocycles. The normalized spacial score (nSPS) is 21.3. The van der Waals surface area contributed by atoms with Gasteiger partial charge in [0.1, 0.15) is 0 Å². The van der Waals surface area contributed by atoms with E-state index in [9.17, 15) is 24.0 Å². The van der Waals surface area contributed by atoms with Crippen LogP contribution in [-0.2, 0) is 24.0 Å². The van der Waals surface area contributed by atoms with Crippen LogP contribution < -0.4 is 5.73 Å². The van der Waals surface area contributed by atoms with E-state index in [0.29, 0.717) is 32.2 Å². The van der Waals surface area contributed by atoms with Crippen LogP contribution in [-0.4, -0.2) is 64.7 Å². The third-order valence-electron chi connectivity index (χ3n) is 6.78. The molecule has 0 saturated carbocycles. The van der Waals surface area contributed by atoms with Gasteiger partial charge in [0.25, 0.3) is 0 Å². The molecule has 0 aliphatic carbocycles. The molecule has 0 aromatic carbocycles. The highest BCUT2D eigenvalue weighted by molar-refractivity contribution is 5.99. The Kier molecular flexibility index (Phi) is 11.9. The number of aliphatic imine (C=N–C) groups is 1. The van der Waals surface area contributed by atoms with E-state index in [1.807, 2.05) is 69.2 Å². The molecule has 2 N–H and O–H groups in total. The average Bonchev–Trinajstić information content (AvgIpc) is 2.63. The van der Waals surface area contributed by atoms with E-state index in [4.69, 9.17) is 5.73 Å². The fraction of sp³-hybridized carbons (Fsp3) is 0.815. The molecule has 2 rings (SSSR count). The average molecular weight is 543 g/mol. The predicted octanol–water partition coefficient (Wildman–Crippen LogP) is 3.87. The number of carbonyl (C=O) groups excluding carboxylic acids is 5. The smallest absolute Gasteiger partial charge is 0.235 e. The number of nitrogens with zero attached hydrogens (tertiary/aromatic N) is 3. The van der Waals surface area contributed by atoms with Crippen molar-refractivity contribution in [1.29, 1.82) is 0 Å². The van der Waals surface area contributed by atoms with Gasteiger partial charge in [0.15, 0.2) is 0 Å². The van der Waals surface area contributed by atoms with Crippen LogP contribution >= 0.6 is 12.4 Å². The molecule has 212 valence electrons. The number of imide groups is 2. The molecular weight excluding hydrogens is 496 g/mol. The van der Waals surface area contributed by atoms with Gasteiger partial charge in [-0.2, -0.15) is 0 Å². The summed E-state index contributed by atoms with van der Waals surface area (Å²) in [7, 11) is 0. The van der Waals surface area contributed by atoms with Crippen LogP contribution in [0.15, 0.2) is 4.99 Å². The van der Waals surface area contributed by atoms with Gasteiger partial charge in [-0.3, -0.25) is 29.0 Å². The van der Waals surface area contributed by atoms with Crippen molar-refractivity contribution in [3.63, 3.8) is 0 Å². The van der Waals surface area contributed by atoms with E-state index >= 15 is 0 Å². The highest BCUT2D eigenvalue weighted by Gasteiger charge is 2.40. The van der Waals surface area contributed by atoms with Crippen LogP contribution in [0.5, 0.6) is 0 Å². The van der Waals surface area contributed by atoms with Crippen molar-refractivity contribution in [2.45, 2.75) is 107 Å². The third-order valence-corrected chi connectivity index (χ3v) is 6.78. The number of nitrogens with two attached hydrogens (primary N) is 1. The Morgan fingerprint density at radius 1 is 0.757 bits per heavy atom. The van der Waals surface area contributed by atoms with Gasteiger partial charge >= 0.3 is 0 Å². The summed E-state index contributed by atoms with van der Waals surface area (Å²) in [5, 5.41) is 0. The van der Waals surface area contributed by atoms with Crippen molar-refractivity contribution >= 4 is 42.1 Å². The van der Waals surface area contributed by atoms with Crippen LogP contribution in [0.4, 0.5) is 0 Å². The maximum absolute atomic E-state index is 12.1. The summed E-state index contributed by atoms with van der Waals surface area (Å²) in [6.07, 6.45) is 3.08. The molecule has 10 heteroatoms. The van der Waals surface area contributed by atoms with Crippen molar-refractivity contribution < 1.29 is 24.0 Å². The van der Waals surface area contributed by atoms with Gasteiger partial charge in [-0.05, 0) is 21.7 Å². The van der Waals surface area contributed by atoms with E-state index in [1.54, 1.807) is 0 Å². The van der Waals surface area contributed by atoms with Crippen LogP contribution in [0, 0.1) is 21.7 Å². The number of halogens is 1. The first kappa shape index (κ1) is 34.9. The number of carbonyl (C=O) groups is 4. The zero-order chi connectivity index (χ0) is 28.3. The third kappa shape index (κ3) is 10.7. The first-order valence-electron chi connectivity index (χ1n) is 12.6. The van der Waals surface area contributed by atoms with E-state index < -0.39 is 6.04 Å². The Morgan fingerprint density at radius 3 is 1.35 bits per heavy atom. The number of amides is 4. The van der Waals surface area contributed by atoms with Gasteiger partial charge in [0.05, 0.1) is 12.6 Å². The molecule has 0 aromatic heterocycles. The summed E-state index contributed by atoms with van der Waals surface area (Å²) < 4.78 is 0. The van der Waals surface area contributed by atoms with Crippen molar-refractivity contribution in [3.05, 3.63) is 0 Å². The Bertz CT molecular complexity index is 871. The van der Waals surface area contributed by atoms with Crippen molar-refractivity contribution in [1.82, 2.24) is 9.80 Å².